The van der Waals surface area contributed by atoms with E-state index < -0.39 is 5.91 Å². The molecule has 126 valence electrons. The van der Waals surface area contributed by atoms with Gasteiger partial charge in [-0.3, -0.25) is 9.59 Å². The number of halogens is 1. The second-order valence-corrected chi connectivity index (χ2v) is 6.10. The molecule has 0 aromatic heterocycles. The van der Waals surface area contributed by atoms with Crippen LogP contribution in [0.25, 0.3) is 0 Å². The van der Waals surface area contributed by atoms with Crippen LogP contribution in [0.4, 0.5) is 5.69 Å². The summed E-state index contributed by atoms with van der Waals surface area (Å²) in [6.07, 6.45) is 0.109. The Bertz CT molecular complexity index is 704. The molecule has 0 bridgehead atoms. The highest BCUT2D eigenvalue weighted by Gasteiger charge is 2.09. The standard InChI is InChI=1S/C17H17IN2O4/c18-12-5-7-13(8-6-12)24-11-17(22)20-14-3-1-2-4-15(14)23-10-9-16(19)21/h1-8H,9-11H2,(H2,19,21)(H,20,22). The summed E-state index contributed by atoms with van der Waals surface area (Å²) in [5.41, 5.74) is 5.59. The van der Waals surface area contributed by atoms with Gasteiger partial charge in [-0.05, 0) is 59.0 Å². The Kier molecular flexibility index (Phi) is 6.86. The van der Waals surface area contributed by atoms with Crippen LogP contribution >= 0.6 is 22.6 Å². The Morgan fingerprint density at radius 1 is 1.04 bits per heavy atom. The molecule has 2 rings (SSSR count). The monoisotopic (exact) mass is 440 g/mol. The summed E-state index contributed by atoms with van der Waals surface area (Å²) < 4.78 is 12.0. The molecule has 0 radical (unpaired) electrons. The van der Waals surface area contributed by atoms with Crippen molar-refractivity contribution in [3.63, 3.8) is 0 Å². The molecule has 2 aromatic rings. The lowest BCUT2D eigenvalue weighted by Gasteiger charge is -2.12. The first-order chi connectivity index (χ1) is 11.5. The molecule has 7 heteroatoms. The first kappa shape index (κ1) is 18.1. The van der Waals surface area contributed by atoms with Crippen molar-refractivity contribution in [1.82, 2.24) is 0 Å². The van der Waals surface area contributed by atoms with Crippen LogP contribution in [0.15, 0.2) is 48.5 Å². The largest absolute Gasteiger partial charge is 0.491 e. The molecule has 6 nitrogen and oxygen atoms in total. The van der Waals surface area contributed by atoms with Gasteiger partial charge >= 0.3 is 0 Å². The minimum absolute atomic E-state index is 0.109. The van der Waals surface area contributed by atoms with Crippen LogP contribution in [0.3, 0.4) is 0 Å². The van der Waals surface area contributed by atoms with Gasteiger partial charge in [0, 0.05) is 3.57 Å². The summed E-state index contributed by atoms with van der Waals surface area (Å²) in [5.74, 6) is 0.347. The first-order valence-electron chi connectivity index (χ1n) is 7.23. The number of para-hydroxylation sites is 2. The van der Waals surface area contributed by atoms with E-state index in [1.54, 1.807) is 36.4 Å². The summed E-state index contributed by atoms with van der Waals surface area (Å²) in [7, 11) is 0. The van der Waals surface area contributed by atoms with Crippen molar-refractivity contribution < 1.29 is 19.1 Å². The van der Waals surface area contributed by atoms with Crippen LogP contribution in [0.5, 0.6) is 11.5 Å². The maximum Gasteiger partial charge on any atom is 0.262 e. The molecule has 0 heterocycles. The summed E-state index contributed by atoms with van der Waals surface area (Å²) in [6, 6.07) is 14.4. The quantitative estimate of drug-likeness (QED) is 0.618. The molecule has 2 aromatic carbocycles. The number of amides is 2. The molecule has 0 aliphatic heterocycles. The highest BCUT2D eigenvalue weighted by molar-refractivity contribution is 14.1. The van der Waals surface area contributed by atoms with Gasteiger partial charge < -0.3 is 20.5 Å². The highest BCUT2D eigenvalue weighted by Crippen LogP contribution is 2.24. The lowest BCUT2D eigenvalue weighted by molar-refractivity contribution is -0.119. The van der Waals surface area contributed by atoms with E-state index in [9.17, 15) is 9.59 Å². The third-order valence-corrected chi connectivity index (χ3v) is 3.67. The number of ether oxygens (including phenoxy) is 2. The maximum atomic E-state index is 12.0. The van der Waals surface area contributed by atoms with Gasteiger partial charge in [0.1, 0.15) is 11.5 Å². The van der Waals surface area contributed by atoms with Gasteiger partial charge in [0.05, 0.1) is 18.7 Å². The van der Waals surface area contributed by atoms with Crippen molar-refractivity contribution in [3.05, 3.63) is 52.1 Å². The van der Waals surface area contributed by atoms with Crippen LogP contribution in [0, 0.1) is 3.57 Å². The van der Waals surface area contributed by atoms with Crippen molar-refractivity contribution in [2.75, 3.05) is 18.5 Å². The Labute approximate surface area is 153 Å². The summed E-state index contributed by atoms with van der Waals surface area (Å²) in [6.45, 7) is 0.0393. The number of hydrogen-bond acceptors (Lipinski definition) is 4. The van der Waals surface area contributed by atoms with Gasteiger partial charge in [0.2, 0.25) is 5.91 Å². The number of nitrogens with two attached hydrogens (primary N) is 1. The van der Waals surface area contributed by atoms with E-state index in [1.165, 1.54) is 0 Å². The van der Waals surface area contributed by atoms with Gasteiger partial charge in [-0.15, -0.1) is 0 Å². The zero-order valence-electron chi connectivity index (χ0n) is 12.8. The number of benzene rings is 2. The number of carbonyl (C=O) groups excluding carboxylic acids is 2. The molecule has 0 aliphatic rings. The molecule has 0 atom stereocenters. The fourth-order valence-electron chi connectivity index (χ4n) is 1.82. The fraction of sp³-hybridized carbons (Fsp3) is 0.176. The minimum Gasteiger partial charge on any atom is -0.491 e. The summed E-state index contributed by atoms with van der Waals surface area (Å²) in [4.78, 5) is 22.8. The predicted molar refractivity (Wildman–Crippen MR) is 99.0 cm³/mol. The van der Waals surface area contributed by atoms with Gasteiger partial charge in [-0.25, -0.2) is 0 Å². The Morgan fingerprint density at radius 3 is 2.46 bits per heavy atom. The third kappa shape index (κ3) is 6.07. The Hall–Kier alpha value is -2.29. The van der Waals surface area contributed by atoms with E-state index >= 15 is 0 Å². The average molecular weight is 440 g/mol. The number of nitrogens with one attached hydrogen (secondary N) is 1. The molecular formula is C17H17IN2O4. The van der Waals surface area contributed by atoms with Crippen LogP contribution in [0.1, 0.15) is 6.42 Å². The molecule has 0 fully saturated rings. The van der Waals surface area contributed by atoms with Crippen molar-refractivity contribution in [2.24, 2.45) is 5.73 Å². The van der Waals surface area contributed by atoms with Crippen LogP contribution in [-0.2, 0) is 9.59 Å². The van der Waals surface area contributed by atoms with Crippen molar-refractivity contribution in [2.45, 2.75) is 6.42 Å². The first-order valence-corrected chi connectivity index (χ1v) is 8.31. The molecule has 0 saturated carbocycles. The number of anilines is 1. The van der Waals surface area contributed by atoms with Gasteiger partial charge in [-0.2, -0.15) is 0 Å². The SMILES string of the molecule is NC(=O)CCOc1ccccc1NC(=O)COc1ccc(I)cc1. The Balaban J connectivity index is 1.88. The molecule has 0 saturated heterocycles. The van der Waals surface area contributed by atoms with Crippen molar-refractivity contribution in [1.29, 1.82) is 0 Å². The van der Waals surface area contributed by atoms with Crippen LogP contribution in [-0.4, -0.2) is 25.0 Å². The predicted octanol–water partition coefficient (Wildman–Crippen LogP) is 2.56. The van der Waals surface area contributed by atoms with Gasteiger partial charge in [0.15, 0.2) is 6.61 Å². The molecule has 3 N–H and O–H groups in total. The Morgan fingerprint density at radius 2 is 1.75 bits per heavy atom. The zero-order valence-corrected chi connectivity index (χ0v) is 15.0. The summed E-state index contributed by atoms with van der Waals surface area (Å²) >= 11 is 2.19. The van der Waals surface area contributed by atoms with E-state index in [0.717, 1.165) is 3.57 Å². The number of hydrogen-bond donors (Lipinski definition) is 2. The van der Waals surface area contributed by atoms with Gasteiger partial charge in [-0.1, -0.05) is 12.1 Å². The minimum atomic E-state index is -0.442. The normalized spacial score (nSPS) is 10.0. The topological polar surface area (TPSA) is 90.7 Å². The van der Waals surface area contributed by atoms with E-state index in [0.29, 0.717) is 17.2 Å². The van der Waals surface area contributed by atoms with Crippen LogP contribution in [0.2, 0.25) is 0 Å². The van der Waals surface area contributed by atoms with Gasteiger partial charge in [0.25, 0.3) is 5.91 Å². The van der Waals surface area contributed by atoms with E-state index in [1.807, 2.05) is 12.1 Å². The highest BCUT2D eigenvalue weighted by atomic mass is 127. The second kappa shape index (κ2) is 9.11. The maximum absolute atomic E-state index is 12.0. The van der Waals surface area contributed by atoms with E-state index in [2.05, 4.69) is 27.9 Å². The molecule has 24 heavy (non-hydrogen) atoms. The van der Waals surface area contributed by atoms with Crippen molar-refractivity contribution >= 4 is 40.1 Å². The molecular weight excluding hydrogens is 423 g/mol. The lowest BCUT2D eigenvalue weighted by atomic mass is 10.3. The van der Waals surface area contributed by atoms with E-state index in [-0.39, 0.29) is 25.5 Å². The fourth-order valence-corrected chi connectivity index (χ4v) is 2.18. The van der Waals surface area contributed by atoms with Crippen molar-refractivity contribution in [3.8, 4) is 11.5 Å². The molecule has 2 amide bonds. The smallest absolute Gasteiger partial charge is 0.262 e. The number of rotatable bonds is 8. The third-order valence-electron chi connectivity index (χ3n) is 2.95. The lowest BCUT2D eigenvalue weighted by Crippen LogP contribution is -2.21. The average Bonchev–Trinajstić information content (AvgIpc) is 2.55. The molecule has 0 aliphatic carbocycles. The molecule has 0 unspecified atom stereocenters. The summed E-state index contributed by atoms with van der Waals surface area (Å²) in [5, 5.41) is 2.72. The number of primary amides is 1. The zero-order chi connectivity index (χ0) is 17.4. The molecule has 0 spiro atoms. The second-order valence-electron chi connectivity index (χ2n) is 4.85. The number of carbonyl (C=O) groups is 2. The van der Waals surface area contributed by atoms with Crippen LogP contribution < -0.4 is 20.5 Å². The van der Waals surface area contributed by atoms with E-state index in [4.69, 9.17) is 15.2 Å².